The molecule has 2 rings (SSSR count). The molecule has 0 saturated carbocycles. The molecule has 0 fully saturated rings. The summed E-state index contributed by atoms with van der Waals surface area (Å²) in [5, 5.41) is 0. The second kappa shape index (κ2) is 4.14. The van der Waals surface area contributed by atoms with E-state index < -0.39 is 9.84 Å². The maximum absolute atomic E-state index is 12.0. The Morgan fingerprint density at radius 2 is 2.00 bits per heavy atom. The van der Waals surface area contributed by atoms with E-state index in [9.17, 15) is 8.42 Å². The molecule has 0 amide bonds. The molecule has 16 heavy (non-hydrogen) atoms. The first-order valence-electron chi connectivity index (χ1n) is 5.07. The Hall–Kier alpha value is -0.940. The van der Waals surface area contributed by atoms with Crippen molar-refractivity contribution < 1.29 is 8.42 Å². The van der Waals surface area contributed by atoms with Crippen LogP contribution in [0, 0.1) is 5.92 Å². The molecule has 0 unspecified atom stereocenters. The van der Waals surface area contributed by atoms with Crippen molar-refractivity contribution in [3.63, 3.8) is 0 Å². The van der Waals surface area contributed by atoms with Crippen molar-refractivity contribution in [2.24, 2.45) is 5.92 Å². The Bertz CT molecular complexity index is 566. The van der Waals surface area contributed by atoms with Gasteiger partial charge in [0.15, 0.2) is 0 Å². The monoisotopic (exact) mass is 255 g/mol. The molecule has 86 valence electrons. The largest absolute Gasteiger partial charge is 0.225 e. The molecule has 0 aliphatic heterocycles. The molecule has 2 aromatic rings. The Morgan fingerprint density at radius 1 is 1.31 bits per heavy atom. The van der Waals surface area contributed by atoms with E-state index in [4.69, 9.17) is 0 Å². The van der Waals surface area contributed by atoms with Gasteiger partial charge in [0.25, 0.3) is 0 Å². The van der Waals surface area contributed by atoms with Crippen LogP contribution in [0.3, 0.4) is 0 Å². The number of rotatable bonds is 3. The molecule has 1 heterocycles. The van der Waals surface area contributed by atoms with E-state index in [0.29, 0.717) is 0 Å². The summed E-state index contributed by atoms with van der Waals surface area (Å²) in [6, 6.07) is 7.47. The van der Waals surface area contributed by atoms with Crippen molar-refractivity contribution in [2.75, 3.05) is 5.75 Å². The van der Waals surface area contributed by atoms with E-state index >= 15 is 0 Å². The minimum atomic E-state index is -3.21. The third-order valence-corrected chi connectivity index (χ3v) is 5.66. The van der Waals surface area contributed by atoms with Crippen molar-refractivity contribution in [3.05, 3.63) is 24.3 Å². The summed E-state index contributed by atoms with van der Waals surface area (Å²) in [5.74, 6) is 0.282. The van der Waals surface area contributed by atoms with E-state index in [1.807, 2.05) is 38.1 Å². The molecule has 1 aromatic carbocycles. The highest BCUT2D eigenvalue weighted by Gasteiger charge is 2.20. The Labute approximate surface area is 99.1 Å². The fourth-order valence-corrected chi connectivity index (χ4v) is 4.43. The molecule has 0 bridgehead atoms. The Morgan fingerprint density at radius 3 is 2.62 bits per heavy atom. The summed E-state index contributed by atoms with van der Waals surface area (Å²) in [6.07, 6.45) is 0. The van der Waals surface area contributed by atoms with Gasteiger partial charge in [-0.3, -0.25) is 0 Å². The van der Waals surface area contributed by atoms with Crippen molar-refractivity contribution >= 4 is 31.4 Å². The van der Waals surface area contributed by atoms with E-state index in [0.717, 1.165) is 10.2 Å². The van der Waals surface area contributed by atoms with E-state index in [1.165, 1.54) is 11.3 Å². The van der Waals surface area contributed by atoms with Crippen LogP contribution in [-0.4, -0.2) is 19.2 Å². The van der Waals surface area contributed by atoms with Gasteiger partial charge in [-0.15, -0.1) is 11.3 Å². The van der Waals surface area contributed by atoms with Crippen LogP contribution in [0.5, 0.6) is 0 Å². The molecule has 0 atom stereocenters. The topological polar surface area (TPSA) is 47.0 Å². The van der Waals surface area contributed by atoms with Crippen molar-refractivity contribution in [2.45, 2.75) is 18.2 Å². The third kappa shape index (κ3) is 2.25. The van der Waals surface area contributed by atoms with Crippen LogP contribution in [0.4, 0.5) is 0 Å². The van der Waals surface area contributed by atoms with Crippen molar-refractivity contribution in [3.8, 4) is 0 Å². The van der Waals surface area contributed by atoms with Gasteiger partial charge >= 0.3 is 0 Å². The summed E-state index contributed by atoms with van der Waals surface area (Å²) < 4.78 is 25.1. The zero-order valence-electron chi connectivity index (χ0n) is 9.17. The number of para-hydroxylation sites is 1. The summed E-state index contributed by atoms with van der Waals surface area (Å²) in [7, 11) is -3.21. The molecule has 3 nitrogen and oxygen atoms in total. The van der Waals surface area contributed by atoms with Crippen LogP contribution >= 0.6 is 11.3 Å². The number of thiazole rings is 1. The lowest BCUT2D eigenvalue weighted by Gasteiger charge is -2.02. The number of aromatic nitrogens is 1. The predicted molar refractivity (Wildman–Crippen MR) is 66.5 cm³/mol. The van der Waals surface area contributed by atoms with Gasteiger partial charge in [-0.25, -0.2) is 13.4 Å². The van der Waals surface area contributed by atoms with Crippen LogP contribution in [-0.2, 0) is 9.84 Å². The number of hydrogen-bond acceptors (Lipinski definition) is 4. The second-order valence-electron chi connectivity index (χ2n) is 4.12. The zero-order valence-corrected chi connectivity index (χ0v) is 10.8. The fraction of sp³-hybridized carbons (Fsp3) is 0.364. The fourth-order valence-electron chi connectivity index (χ4n) is 1.49. The van der Waals surface area contributed by atoms with E-state index in [1.54, 1.807) is 0 Å². The van der Waals surface area contributed by atoms with E-state index in [2.05, 4.69) is 4.98 Å². The SMILES string of the molecule is CC(C)CS(=O)(=O)c1nc2ccccc2s1. The van der Waals surface area contributed by atoms with E-state index in [-0.39, 0.29) is 16.0 Å². The summed E-state index contributed by atoms with van der Waals surface area (Å²) in [6.45, 7) is 3.79. The van der Waals surface area contributed by atoms with Gasteiger partial charge in [0.1, 0.15) is 0 Å². The molecule has 0 N–H and O–H groups in total. The highest BCUT2D eigenvalue weighted by atomic mass is 32.2. The molecule has 1 aromatic heterocycles. The van der Waals surface area contributed by atoms with Gasteiger partial charge in [0.05, 0.1) is 16.0 Å². The molecule has 0 radical (unpaired) electrons. The van der Waals surface area contributed by atoms with Crippen LogP contribution in [0.15, 0.2) is 28.6 Å². The minimum Gasteiger partial charge on any atom is -0.225 e. The lowest BCUT2D eigenvalue weighted by atomic mass is 10.3. The number of hydrogen-bond donors (Lipinski definition) is 0. The van der Waals surface area contributed by atoms with Gasteiger partial charge in [0, 0.05) is 0 Å². The Kier molecular flexibility index (Phi) is 2.99. The molecular formula is C11H13NO2S2. The average molecular weight is 255 g/mol. The lowest BCUT2D eigenvalue weighted by molar-refractivity contribution is 0.582. The predicted octanol–water partition coefficient (Wildman–Crippen LogP) is 2.73. The minimum absolute atomic E-state index is 0.122. The van der Waals surface area contributed by atoms with Crippen LogP contribution in [0.2, 0.25) is 0 Å². The molecule has 0 saturated heterocycles. The number of nitrogens with zero attached hydrogens (tertiary/aromatic N) is 1. The number of benzene rings is 1. The van der Waals surface area contributed by atoms with Gasteiger partial charge in [-0.1, -0.05) is 26.0 Å². The summed E-state index contributed by atoms with van der Waals surface area (Å²) >= 11 is 1.25. The summed E-state index contributed by atoms with van der Waals surface area (Å²) in [5.41, 5.74) is 0.759. The first kappa shape index (κ1) is 11.5. The molecule has 0 aliphatic carbocycles. The van der Waals surface area contributed by atoms with Crippen LogP contribution in [0.25, 0.3) is 10.2 Å². The first-order chi connectivity index (χ1) is 7.49. The van der Waals surface area contributed by atoms with Gasteiger partial charge in [-0.05, 0) is 18.1 Å². The standard InChI is InChI=1S/C11H13NO2S2/c1-8(2)7-16(13,14)11-12-9-5-3-4-6-10(9)15-11/h3-6,8H,7H2,1-2H3. The molecule has 0 spiro atoms. The second-order valence-corrected chi connectivity index (χ2v) is 7.36. The van der Waals surface area contributed by atoms with Crippen molar-refractivity contribution in [1.29, 1.82) is 0 Å². The maximum Gasteiger partial charge on any atom is 0.210 e. The Balaban J connectivity index is 2.48. The third-order valence-electron chi connectivity index (χ3n) is 2.09. The highest BCUT2D eigenvalue weighted by Crippen LogP contribution is 2.26. The molecule has 0 aliphatic rings. The highest BCUT2D eigenvalue weighted by molar-refractivity contribution is 7.93. The van der Waals surface area contributed by atoms with Crippen LogP contribution < -0.4 is 0 Å². The normalized spacial score (nSPS) is 12.4. The van der Waals surface area contributed by atoms with Gasteiger partial charge in [0.2, 0.25) is 14.2 Å². The quantitative estimate of drug-likeness (QED) is 0.847. The number of fused-ring (bicyclic) bond motifs is 1. The van der Waals surface area contributed by atoms with Gasteiger partial charge in [-0.2, -0.15) is 0 Å². The average Bonchev–Trinajstić information content (AvgIpc) is 2.59. The van der Waals surface area contributed by atoms with Crippen molar-refractivity contribution in [1.82, 2.24) is 4.98 Å². The maximum atomic E-state index is 12.0. The zero-order chi connectivity index (χ0) is 11.8. The molecule has 5 heteroatoms. The number of sulfone groups is 1. The lowest BCUT2D eigenvalue weighted by Crippen LogP contribution is -2.11. The van der Waals surface area contributed by atoms with Crippen LogP contribution in [0.1, 0.15) is 13.8 Å². The molecular weight excluding hydrogens is 242 g/mol. The van der Waals surface area contributed by atoms with Gasteiger partial charge < -0.3 is 0 Å². The smallest absolute Gasteiger partial charge is 0.210 e. The first-order valence-corrected chi connectivity index (χ1v) is 7.54. The summed E-state index contributed by atoms with van der Waals surface area (Å²) in [4.78, 5) is 4.17.